The smallest absolute Gasteiger partial charge is 0.462 e. The molecule has 0 fully saturated rings. The van der Waals surface area contributed by atoms with Crippen LogP contribution in [0.25, 0.3) is 0 Å². The van der Waals surface area contributed by atoms with Crippen LogP contribution in [0, 0.1) is 0 Å². The first-order valence-corrected chi connectivity index (χ1v) is 22.7. The third-order valence-corrected chi connectivity index (χ3v) is 9.68. The van der Waals surface area contributed by atoms with E-state index < -0.39 is 76.7 Å². The summed E-state index contributed by atoms with van der Waals surface area (Å²) >= 11 is 0. The number of phosphoric ester groups is 1. The molecule has 0 rings (SSSR count). The second-order valence-corrected chi connectivity index (χ2v) is 15.7. The van der Waals surface area contributed by atoms with Gasteiger partial charge in [-0.3, -0.25) is 18.6 Å². The number of aliphatic hydroxyl groups excluding tert-OH is 5. The zero-order valence-corrected chi connectivity index (χ0v) is 36.0. The molecule has 0 aromatic carbocycles. The minimum Gasteiger partial charge on any atom is -0.462 e. The second-order valence-electron chi connectivity index (χ2n) is 14.3. The maximum absolute atomic E-state index is 12.6. The molecule has 13 nitrogen and oxygen atoms in total. The maximum atomic E-state index is 12.6. The molecule has 0 aliphatic rings. The predicted molar refractivity (Wildman–Crippen MR) is 228 cm³/mol. The summed E-state index contributed by atoms with van der Waals surface area (Å²) in [5.74, 6) is -1.28. The van der Waals surface area contributed by atoms with Crippen molar-refractivity contribution < 1.29 is 63.1 Å². The van der Waals surface area contributed by atoms with Crippen molar-refractivity contribution in [1.82, 2.24) is 0 Å². The minimum absolute atomic E-state index is 0.0894. The van der Waals surface area contributed by atoms with E-state index in [2.05, 4.69) is 42.7 Å². The van der Waals surface area contributed by atoms with Crippen LogP contribution in [-0.2, 0) is 32.7 Å². The predicted octanol–water partition coefficient (Wildman–Crippen LogP) is 7.80. The monoisotopic (exact) mass is 842 g/mol. The molecular formula is C44H75O13P. The molecule has 0 spiro atoms. The lowest BCUT2D eigenvalue weighted by atomic mass is 10.1. The first kappa shape index (κ1) is 55.3. The highest BCUT2D eigenvalue weighted by molar-refractivity contribution is 7.47. The summed E-state index contributed by atoms with van der Waals surface area (Å²) in [7, 11) is -4.71. The Morgan fingerprint density at radius 3 is 1.81 bits per heavy atom. The molecule has 0 aliphatic carbocycles. The Labute approximate surface area is 347 Å². The van der Waals surface area contributed by atoms with E-state index in [9.17, 15) is 39.5 Å². The average Bonchev–Trinajstić information content (AvgIpc) is 3.20. The molecule has 14 heteroatoms. The lowest BCUT2D eigenvalue weighted by Crippen LogP contribution is -2.30. The van der Waals surface area contributed by atoms with Gasteiger partial charge in [0.15, 0.2) is 6.10 Å². The first-order chi connectivity index (χ1) is 27.9. The standard InChI is InChI=1S/C44H75O13P/c1-3-5-7-8-9-10-11-12-13-14-15-16-17-22-26-32-44(51)57-40(37-56-58(52,53)55-35-39(47)34-45)36-54-43(50)33-27-31-42(49)41(48)30-25-21-19-18-20-24-29-38(46)28-23-6-4-2/h10-13,18-21,24-25,29-30,38-42,45-49H,3-9,14-17,22-23,26-28,31-37H2,1-2H3,(H,52,53)/b11-10-,13-12-,20-18-,21-19+,29-24+,30-25+/t38-,39+,40-,41-,42-/m1/s1. The van der Waals surface area contributed by atoms with Crippen molar-refractivity contribution in [3.63, 3.8) is 0 Å². The minimum atomic E-state index is -4.71. The number of unbranched alkanes of at least 4 members (excludes halogenated alkanes) is 11. The fourth-order valence-corrected chi connectivity index (χ4v) is 6.04. The van der Waals surface area contributed by atoms with Crippen molar-refractivity contribution in [3.05, 3.63) is 72.9 Å². The number of carbonyl (C=O) groups excluding carboxylic acids is 2. The van der Waals surface area contributed by atoms with Crippen molar-refractivity contribution in [2.24, 2.45) is 0 Å². The molecule has 0 heterocycles. The van der Waals surface area contributed by atoms with Gasteiger partial charge in [0.25, 0.3) is 0 Å². The Balaban J connectivity index is 4.69. The lowest BCUT2D eigenvalue weighted by molar-refractivity contribution is -0.161. The molecular weight excluding hydrogens is 767 g/mol. The van der Waals surface area contributed by atoms with Gasteiger partial charge in [-0.2, -0.15) is 0 Å². The van der Waals surface area contributed by atoms with Crippen LogP contribution in [-0.4, -0.2) is 99.3 Å². The third-order valence-electron chi connectivity index (χ3n) is 8.73. The molecule has 1 unspecified atom stereocenters. The number of allylic oxidation sites excluding steroid dienone is 10. The van der Waals surface area contributed by atoms with E-state index >= 15 is 0 Å². The summed E-state index contributed by atoms with van der Waals surface area (Å²) in [6.07, 6.45) is 32.3. The van der Waals surface area contributed by atoms with Gasteiger partial charge in [-0.05, 0) is 51.4 Å². The molecule has 6 N–H and O–H groups in total. The fourth-order valence-electron chi connectivity index (χ4n) is 5.25. The van der Waals surface area contributed by atoms with Gasteiger partial charge in [-0.15, -0.1) is 0 Å². The van der Waals surface area contributed by atoms with Crippen LogP contribution < -0.4 is 0 Å². The van der Waals surface area contributed by atoms with Crippen molar-refractivity contribution in [3.8, 4) is 0 Å². The van der Waals surface area contributed by atoms with Crippen LogP contribution in [0.2, 0.25) is 0 Å². The zero-order chi connectivity index (χ0) is 43.1. The number of carbonyl (C=O) groups is 2. The molecule has 0 bridgehead atoms. The normalized spacial score (nSPS) is 16.2. The molecule has 58 heavy (non-hydrogen) atoms. The average molecular weight is 843 g/mol. The summed E-state index contributed by atoms with van der Waals surface area (Å²) in [5.41, 5.74) is 0. The summed E-state index contributed by atoms with van der Waals surface area (Å²) in [6.45, 7) is 1.82. The van der Waals surface area contributed by atoms with E-state index in [1.807, 2.05) is 0 Å². The van der Waals surface area contributed by atoms with Gasteiger partial charge in [0.05, 0.1) is 38.1 Å². The fraction of sp³-hybridized carbons (Fsp3) is 0.682. The lowest BCUT2D eigenvalue weighted by Gasteiger charge is -2.20. The molecule has 0 saturated carbocycles. The number of esters is 2. The Hall–Kier alpha value is -2.71. The van der Waals surface area contributed by atoms with E-state index in [4.69, 9.17) is 19.1 Å². The zero-order valence-electron chi connectivity index (χ0n) is 35.1. The van der Waals surface area contributed by atoms with Crippen molar-refractivity contribution in [1.29, 1.82) is 0 Å². The summed E-state index contributed by atoms with van der Waals surface area (Å²) in [6, 6.07) is 0. The summed E-state index contributed by atoms with van der Waals surface area (Å²) < 4.78 is 32.4. The largest absolute Gasteiger partial charge is 0.472 e. The van der Waals surface area contributed by atoms with E-state index in [0.717, 1.165) is 64.2 Å². The number of aliphatic hydroxyl groups is 5. The molecule has 0 aromatic heterocycles. The van der Waals surface area contributed by atoms with Crippen molar-refractivity contribution in [2.75, 3.05) is 26.4 Å². The number of rotatable bonds is 38. The molecule has 0 radical (unpaired) electrons. The van der Waals surface area contributed by atoms with Crippen molar-refractivity contribution in [2.45, 2.75) is 166 Å². The highest BCUT2D eigenvalue weighted by Gasteiger charge is 2.27. The molecule has 0 saturated heterocycles. The van der Waals surface area contributed by atoms with Crippen LogP contribution in [0.4, 0.5) is 0 Å². The van der Waals surface area contributed by atoms with Gasteiger partial charge in [0.2, 0.25) is 0 Å². The third kappa shape index (κ3) is 36.4. The first-order valence-electron chi connectivity index (χ1n) is 21.2. The van der Waals surface area contributed by atoms with Crippen molar-refractivity contribution >= 4 is 19.8 Å². The van der Waals surface area contributed by atoms with E-state index in [0.29, 0.717) is 6.42 Å². The molecule has 334 valence electrons. The van der Waals surface area contributed by atoms with Crippen LogP contribution >= 0.6 is 7.82 Å². The quantitative estimate of drug-likeness (QED) is 0.0152. The van der Waals surface area contributed by atoms with Crippen LogP contribution in [0.1, 0.15) is 136 Å². The van der Waals surface area contributed by atoms with Crippen LogP contribution in [0.5, 0.6) is 0 Å². The summed E-state index contributed by atoms with van der Waals surface area (Å²) in [4.78, 5) is 35.0. The highest BCUT2D eigenvalue weighted by atomic mass is 31.2. The van der Waals surface area contributed by atoms with Crippen LogP contribution in [0.3, 0.4) is 0 Å². The number of hydrogen-bond acceptors (Lipinski definition) is 12. The van der Waals surface area contributed by atoms with E-state index in [1.165, 1.54) is 31.8 Å². The van der Waals surface area contributed by atoms with Gasteiger partial charge in [-0.25, -0.2) is 4.57 Å². The van der Waals surface area contributed by atoms with E-state index in [-0.39, 0.29) is 25.7 Å². The van der Waals surface area contributed by atoms with Crippen LogP contribution in [0.15, 0.2) is 72.9 Å². The Bertz CT molecular complexity index is 1250. The topological polar surface area (TPSA) is 210 Å². The molecule has 0 aromatic rings. The Morgan fingerprint density at radius 2 is 1.16 bits per heavy atom. The maximum Gasteiger partial charge on any atom is 0.472 e. The molecule has 0 amide bonds. The SMILES string of the molecule is CCCCCC/C=C\C=C/CCCCCCCC(=O)O[C@H](COC(=O)CCC[C@@H](O)[C@H](O)/C=C/C=C/C=C\C=C\[C@H](O)CCCCC)COP(=O)(O)OC[C@@H](O)CO. The van der Waals surface area contributed by atoms with Gasteiger partial charge in [0.1, 0.15) is 12.7 Å². The molecule has 0 aliphatic heterocycles. The second kappa shape index (κ2) is 38.5. The highest BCUT2D eigenvalue weighted by Crippen LogP contribution is 2.43. The van der Waals surface area contributed by atoms with E-state index in [1.54, 1.807) is 42.5 Å². The summed E-state index contributed by atoms with van der Waals surface area (Å²) in [5, 5.41) is 48.7. The number of phosphoric acid groups is 1. The molecule has 6 atom stereocenters. The number of hydrogen-bond donors (Lipinski definition) is 6. The number of ether oxygens (including phenoxy) is 2. The Morgan fingerprint density at radius 1 is 0.603 bits per heavy atom. The van der Waals surface area contributed by atoms with Gasteiger partial charge in [-0.1, -0.05) is 145 Å². The van der Waals surface area contributed by atoms with Gasteiger partial charge < -0.3 is 39.9 Å². The van der Waals surface area contributed by atoms with Gasteiger partial charge in [0, 0.05) is 12.8 Å². The Kier molecular flexibility index (Phi) is 36.7. The van der Waals surface area contributed by atoms with Gasteiger partial charge >= 0.3 is 19.8 Å².